The Kier molecular flexibility index (Phi) is 5.57. The number of nitrogens with zero attached hydrogens (tertiary/aromatic N) is 3. The molecule has 0 aliphatic rings. The fourth-order valence-corrected chi connectivity index (χ4v) is 3.65. The minimum absolute atomic E-state index is 0.0961. The van der Waals surface area contributed by atoms with E-state index in [-0.39, 0.29) is 35.9 Å². The quantitative estimate of drug-likeness (QED) is 0.421. The lowest BCUT2D eigenvalue weighted by Gasteiger charge is -2.06. The fourth-order valence-electron chi connectivity index (χ4n) is 3.00. The van der Waals surface area contributed by atoms with Crippen molar-refractivity contribution < 1.29 is 9.18 Å². The molecule has 1 aromatic carbocycles. The summed E-state index contributed by atoms with van der Waals surface area (Å²) in [5.41, 5.74) is 1.18. The van der Waals surface area contributed by atoms with Crippen LogP contribution in [0.3, 0.4) is 0 Å². The Hall–Kier alpha value is -3.53. The zero-order valence-corrected chi connectivity index (χ0v) is 16.9. The summed E-state index contributed by atoms with van der Waals surface area (Å²) in [7, 11) is 0. The number of carbonyl (C=O) groups is 1. The van der Waals surface area contributed by atoms with E-state index in [9.17, 15) is 14.0 Å². The lowest BCUT2D eigenvalue weighted by Crippen LogP contribution is -2.23. The number of aromatic amines is 1. The van der Waals surface area contributed by atoms with Crippen molar-refractivity contribution in [3.8, 4) is 0 Å². The van der Waals surface area contributed by atoms with Crippen LogP contribution >= 0.6 is 11.3 Å². The smallest absolute Gasteiger partial charge is 0.277 e. The number of benzene rings is 1. The lowest BCUT2D eigenvalue weighted by atomic mass is 10.1. The minimum atomic E-state index is -0.375. The van der Waals surface area contributed by atoms with Gasteiger partial charge in [-0.15, -0.1) is 11.3 Å². The van der Waals surface area contributed by atoms with Crippen molar-refractivity contribution in [2.75, 3.05) is 10.6 Å². The number of aromatic nitrogens is 4. The van der Waals surface area contributed by atoms with Crippen molar-refractivity contribution in [2.24, 2.45) is 0 Å². The molecular weight excluding hydrogens is 407 g/mol. The maximum absolute atomic E-state index is 13.0. The fraction of sp³-hybridized carbons (Fsp3) is 0.200. The first-order valence-electron chi connectivity index (χ1n) is 9.29. The molecule has 30 heavy (non-hydrogen) atoms. The molecule has 3 heterocycles. The van der Waals surface area contributed by atoms with Crippen molar-refractivity contribution in [3.05, 3.63) is 74.1 Å². The molecule has 4 rings (SSSR count). The molecule has 3 aromatic heterocycles. The molecule has 8 nitrogen and oxygen atoms in total. The Labute approximate surface area is 174 Å². The summed E-state index contributed by atoms with van der Waals surface area (Å²) in [6.07, 6.45) is 0.323. The first kappa shape index (κ1) is 19.8. The molecule has 0 atom stereocenters. The highest BCUT2D eigenvalue weighted by atomic mass is 32.1. The number of fused-ring (bicyclic) bond motifs is 1. The Morgan fingerprint density at radius 2 is 2.03 bits per heavy atom. The van der Waals surface area contributed by atoms with E-state index in [1.807, 2.05) is 17.5 Å². The number of hydrogen-bond donors (Lipinski definition) is 3. The van der Waals surface area contributed by atoms with Crippen LogP contribution in [0.1, 0.15) is 22.6 Å². The van der Waals surface area contributed by atoms with Gasteiger partial charge >= 0.3 is 0 Å². The molecular formula is C20H19FN6O2S. The minimum Gasteiger partial charge on any atom is -0.350 e. The molecule has 4 aromatic rings. The normalized spacial score (nSPS) is 11.0. The van der Waals surface area contributed by atoms with Crippen LogP contribution in [0.25, 0.3) is 5.78 Å². The van der Waals surface area contributed by atoms with Crippen LogP contribution in [0.2, 0.25) is 0 Å². The summed E-state index contributed by atoms with van der Waals surface area (Å²) in [4.78, 5) is 34.9. The largest absolute Gasteiger partial charge is 0.350 e. The highest BCUT2D eigenvalue weighted by molar-refractivity contribution is 7.09. The Bertz CT molecular complexity index is 1230. The number of carbonyl (C=O) groups excluding carboxylic acids is 1. The van der Waals surface area contributed by atoms with Crippen molar-refractivity contribution >= 4 is 34.7 Å². The maximum atomic E-state index is 13.0. The number of H-pyrrole nitrogens is 1. The third kappa shape index (κ3) is 4.38. The Morgan fingerprint density at radius 3 is 2.77 bits per heavy atom. The predicted octanol–water partition coefficient (Wildman–Crippen LogP) is 3.11. The number of rotatable bonds is 7. The van der Waals surface area contributed by atoms with Crippen molar-refractivity contribution in [1.29, 1.82) is 0 Å². The second kappa shape index (κ2) is 8.46. The van der Waals surface area contributed by atoms with Crippen molar-refractivity contribution in [3.63, 3.8) is 0 Å². The van der Waals surface area contributed by atoms with E-state index < -0.39 is 0 Å². The lowest BCUT2D eigenvalue weighted by molar-refractivity contribution is -0.116. The summed E-state index contributed by atoms with van der Waals surface area (Å²) < 4.78 is 14.2. The van der Waals surface area contributed by atoms with Gasteiger partial charge < -0.3 is 10.6 Å². The monoisotopic (exact) mass is 426 g/mol. The van der Waals surface area contributed by atoms with Crippen LogP contribution in [0, 0.1) is 12.7 Å². The second-order valence-electron chi connectivity index (χ2n) is 6.68. The van der Waals surface area contributed by atoms with E-state index in [0.29, 0.717) is 29.4 Å². The van der Waals surface area contributed by atoms with Gasteiger partial charge in [-0.05, 0) is 49.1 Å². The SMILES string of the molecule is Cc1nc2nc(NCc3cccs3)[nH]n2c(=O)c1CCC(=O)Nc1ccc(F)cc1. The van der Waals surface area contributed by atoms with Gasteiger partial charge in [-0.3, -0.25) is 14.7 Å². The molecule has 154 valence electrons. The van der Waals surface area contributed by atoms with Gasteiger partial charge in [0.1, 0.15) is 5.82 Å². The first-order chi connectivity index (χ1) is 14.5. The topological polar surface area (TPSA) is 104 Å². The van der Waals surface area contributed by atoms with Gasteiger partial charge in [0.2, 0.25) is 11.9 Å². The van der Waals surface area contributed by atoms with E-state index in [4.69, 9.17) is 0 Å². The van der Waals surface area contributed by atoms with Gasteiger partial charge in [0, 0.05) is 22.5 Å². The molecule has 1 amide bonds. The van der Waals surface area contributed by atoms with Crippen molar-refractivity contribution in [2.45, 2.75) is 26.3 Å². The highest BCUT2D eigenvalue weighted by Crippen LogP contribution is 2.13. The van der Waals surface area contributed by atoms with Crippen LogP contribution in [-0.2, 0) is 17.8 Å². The van der Waals surface area contributed by atoms with Gasteiger partial charge in [-0.25, -0.2) is 9.37 Å². The van der Waals surface area contributed by atoms with Gasteiger partial charge in [0.25, 0.3) is 11.3 Å². The van der Waals surface area contributed by atoms with E-state index in [1.54, 1.807) is 18.3 Å². The van der Waals surface area contributed by atoms with Gasteiger partial charge in [-0.1, -0.05) is 6.07 Å². The molecule has 0 fully saturated rings. The number of aryl methyl sites for hydroxylation is 1. The molecule has 0 bridgehead atoms. The molecule has 0 saturated carbocycles. The molecule has 0 aliphatic carbocycles. The third-order valence-electron chi connectivity index (χ3n) is 4.54. The van der Waals surface area contributed by atoms with Crippen molar-refractivity contribution in [1.82, 2.24) is 19.6 Å². The molecule has 3 N–H and O–H groups in total. The Morgan fingerprint density at radius 1 is 1.23 bits per heavy atom. The van der Waals surface area contributed by atoms with Crippen LogP contribution in [0.4, 0.5) is 16.0 Å². The highest BCUT2D eigenvalue weighted by Gasteiger charge is 2.15. The number of amides is 1. The standard InChI is InChI=1S/C20H19FN6O2S/c1-12-16(8-9-17(28)24-14-6-4-13(21)5-7-14)18(29)27-20(23-12)25-19(26-27)22-11-15-3-2-10-30-15/h2-7,10H,8-9,11H2,1H3,(H,24,28)(H2,22,23,25,26). The number of halogens is 1. The van der Waals surface area contributed by atoms with Gasteiger partial charge in [0.15, 0.2) is 0 Å². The van der Waals surface area contributed by atoms with E-state index in [0.717, 1.165) is 4.88 Å². The van der Waals surface area contributed by atoms with E-state index in [2.05, 4.69) is 25.7 Å². The number of anilines is 2. The Balaban J connectivity index is 1.46. The summed E-state index contributed by atoms with van der Waals surface area (Å²) in [5.74, 6) is 0.0672. The van der Waals surface area contributed by atoms with E-state index in [1.165, 1.54) is 28.8 Å². The number of thiophene rings is 1. The average molecular weight is 426 g/mol. The molecule has 0 spiro atoms. The third-order valence-corrected chi connectivity index (χ3v) is 5.41. The summed E-state index contributed by atoms with van der Waals surface area (Å²) in [5, 5.41) is 10.7. The van der Waals surface area contributed by atoms with Crippen LogP contribution in [0.5, 0.6) is 0 Å². The number of hydrogen-bond acceptors (Lipinski definition) is 6. The van der Waals surface area contributed by atoms with Crippen LogP contribution < -0.4 is 16.2 Å². The number of nitrogens with one attached hydrogen (secondary N) is 3. The second-order valence-corrected chi connectivity index (χ2v) is 7.71. The van der Waals surface area contributed by atoms with Gasteiger partial charge in [-0.2, -0.15) is 9.50 Å². The predicted molar refractivity (Wildman–Crippen MR) is 113 cm³/mol. The van der Waals surface area contributed by atoms with Crippen LogP contribution in [-0.4, -0.2) is 25.5 Å². The van der Waals surface area contributed by atoms with Crippen LogP contribution in [0.15, 0.2) is 46.6 Å². The molecule has 0 radical (unpaired) electrons. The zero-order chi connectivity index (χ0) is 21.1. The van der Waals surface area contributed by atoms with E-state index >= 15 is 0 Å². The molecule has 0 aliphatic heterocycles. The maximum Gasteiger partial charge on any atom is 0.277 e. The first-order valence-corrected chi connectivity index (χ1v) is 10.2. The summed E-state index contributed by atoms with van der Waals surface area (Å²) in [6.45, 7) is 2.31. The molecule has 0 saturated heterocycles. The molecule has 0 unspecified atom stereocenters. The zero-order valence-electron chi connectivity index (χ0n) is 16.1. The average Bonchev–Trinajstić information content (AvgIpc) is 3.37. The summed E-state index contributed by atoms with van der Waals surface area (Å²) >= 11 is 1.62. The molecule has 10 heteroatoms. The summed E-state index contributed by atoms with van der Waals surface area (Å²) in [6, 6.07) is 9.48. The van der Waals surface area contributed by atoms with Gasteiger partial charge in [0.05, 0.1) is 12.2 Å².